The number of amides is 2. The smallest absolute Gasteiger partial charge is 0.237 e. The molecule has 276 valence electrons. The van der Waals surface area contributed by atoms with Gasteiger partial charge < -0.3 is 43.1 Å². The highest BCUT2D eigenvalue weighted by atomic mass is 16.2. The summed E-state index contributed by atoms with van der Waals surface area (Å²) in [5.41, 5.74) is 7.41. The van der Waals surface area contributed by atoms with Gasteiger partial charge in [-0.3, -0.25) is 14.6 Å². The second kappa shape index (κ2) is 21.4. The summed E-state index contributed by atoms with van der Waals surface area (Å²) in [6, 6.07) is 8.08. The first kappa shape index (κ1) is 38.9. The van der Waals surface area contributed by atoms with Crippen LogP contribution in [0, 0.1) is 0 Å². The minimum atomic E-state index is -0.686. The molecular formula is C36H60N12O2. The van der Waals surface area contributed by atoms with Crippen molar-refractivity contribution in [2.75, 3.05) is 56.4 Å². The molecule has 0 radical (unpaired) electrons. The highest BCUT2D eigenvalue weighted by Gasteiger charge is 2.25. The van der Waals surface area contributed by atoms with E-state index < -0.39 is 6.04 Å². The highest BCUT2D eigenvalue weighted by Crippen LogP contribution is 2.25. The number of nitrogens with two attached hydrogens (primary N) is 2. The monoisotopic (exact) mass is 692 g/mol. The Morgan fingerprint density at radius 1 is 1.00 bits per heavy atom. The largest absolute Gasteiger partial charge is 0.367 e. The number of hydrogen-bond donors (Lipinski definition) is 7. The zero-order valence-corrected chi connectivity index (χ0v) is 30.1. The number of hydrogen-bond acceptors (Lipinski definition) is 12. The van der Waals surface area contributed by atoms with Gasteiger partial charge in [0.05, 0.1) is 23.8 Å². The summed E-state index contributed by atoms with van der Waals surface area (Å²) in [5, 5.41) is 21.7. The Balaban J connectivity index is 1.17. The van der Waals surface area contributed by atoms with Gasteiger partial charge in [-0.15, -0.1) is 0 Å². The molecule has 9 N–H and O–H groups in total. The molecule has 0 unspecified atom stereocenters. The Labute approximate surface area is 297 Å². The number of aliphatic imine (C=N–C) groups is 1. The summed E-state index contributed by atoms with van der Waals surface area (Å²) in [6.07, 6.45) is 12.7. The van der Waals surface area contributed by atoms with Crippen LogP contribution in [0.3, 0.4) is 0 Å². The number of piperidine rings is 1. The fourth-order valence-corrected chi connectivity index (χ4v) is 6.40. The molecule has 50 heavy (non-hydrogen) atoms. The average Bonchev–Trinajstić information content (AvgIpc) is 3.13. The van der Waals surface area contributed by atoms with Crippen LogP contribution in [-0.2, 0) is 9.59 Å². The molecule has 2 heterocycles. The third kappa shape index (κ3) is 13.4. The van der Waals surface area contributed by atoms with Gasteiger partial charge in [-0.1, -0.05) is 31.4 Å². The van der Waals surface area contributed by atoms with Gasteiger partial charge in [-0.2, -0.15) is 10.1 Å². The van der Waals surface area contributed by atoms with E-state index in [9.17, 15) is 9.59 Å². The Morgan fingerprint density at radius 3 is 2.52 bits per heavy atom. The van der Waals surface area contributed by atoms with Gasteiger partial charge in [0.25, 0.3) is 0 Å². The standard InChI is InChI=1S/C36H60N12O2/c1-26(2)43-35(50)31(37)14-15-33(49)48-22-16-28(17-23-48)44-34-30-12-6-7-13-32(30)45-36(46-34)42-25-29(47-38)24-40-20-8-18-39-19-9-21-41-27-10-4-3-5-11-27/h6-7,12-13,24,26-28,31,39,41H,3-5,8-11,14-23,25,37-38H2,1-2H3,(H,43,50)(H2,42,44,45,46)/t31-/m0/s1. The van der Waals surface area contributed by atoms with Gasteiger partial charge in [0.2, 0.25) is 17.8 Å². The maximum Gasteiger partial charge on any atom is 0.237 e. The average molecular weight is 693 g/mol. The molecule has 2 aromatic rings. The van der Waals surface area contributed by atoms with E-state index in [4.69, 9.17) is 21.5 Å². The lowest BCUT2D eigenvalue weighted by Crippen LogP contribution is -2.45. The van der Waals surface area contributed by atoms with Crippen LogP contribution in [0.2, 0.25) is 0 Å². The number of benzene rings is 1. The number of anilines is 2. The minimum Gasteiger partial charge on any atom is -0.367 e. The van der Waals surface area contributed by atoms with Crippen molar-refractivity contribution in [3.05, 3.63) is 24.3 Å². The number of aromatic nitrogens is 2. The normalized spacial score (nSPS) is 17.0. The van der Waals surface area contributed by atoms with E-state index >= 15 is 0 Å². The van der Waals surface area contributed by atoms with Crippen molar-refractivity contribution in [1.29, 1.82) is 0 Å². The maximum absolute atomic E-state index is 12.8. The molecule has 1 aromatic heterocycles. The zero-order chi connectivity index (χ0) is 35.6. The van der Waals surface area contributed by atoms with E-state index in [1.807, 2.05) is 43.0 Å². The number of fused-ring (bicyclic) bond motifs is 1. The van der Waals surface area contributed by atoms with Crippen molar-refractivity contribution >= 4 is 46.4 Å². The molecule has 1 aromatic carbocycles. The Morgan fingerprint density at radius 2 is 1.76 bits per heavy atom. The second-order valence-corrected chi connectivity index (χ2v) is 13.8. The lowest BCUT2D eigenvalue weighted by Gasteiger charge is -2.33. The van der Waals surface area contributed by atoms with Crippen LogP contribution in [0.4, 0.5) is 11.8 Å². The summed E-state index contributed by atoms with van der Waals surface area (Å²) in [4.78, 5) is 40.8. The number of para-hydroxylation sites is 1. The summed E-state index contributed by atoms with van der Waals surface area (Å²) in [5.74, 6) is 6.69. The van der Waals surface area contributed by atoms with Crippen molar-refractivity contribution in [3.63, 3.8) is 0 Å². The topological polar surface area (TPSA) is 200 Å². The summed E-state index contributed by atoms with van der Waals surface area (Å²) < 4.78 is 0. The van der Waals surface area contributed by atoms with Gasteiger partial charge in [-0.05, 0) is 90.6 Å². The minimum absolute atomic E-state index is 0.0161. The molecule has 14 heteroatoms. The van der Waals surface area contributed by atoms with E-state index in [2.05, 4.69) is 36.7 Å². The molecule has 2 amide bonds. The number of likely N-dealkylation sites (tertiary alicyclic amines) is 1. The molecule has 1 saturated carbocycles. The molecule has 1 saturated heterocycles. The van der Waals surface area contributed by atoms with Crippen LogP contribution in [0.1, 0.15) is 84.5 Å². The number of rotatable bonds is 20. The Bertz CT molecular complexity index is 1390. The van der Waals surface area contributed by atoms with Crippen LogP contribution in [-0.4, -0.2) is 109 Å². The third-order valence-corrected chi connectivity index (χ3v) is 9.27. The van der Waals surface area contributed by atoms with E-state index in [-0.39, 0.29) is 30.3 Å². The van der Waals surface area contributed by atoms with Gasteiger partial charge >= 0.3 is 0 Å². The fraction of sp³-hybridized carbons (Fsp3) is 0.667. The number of nitrogens with one attached hydrogen (secondary N) is 5. The molecule has 0 bridgehead atoms. The first-order chi connectivity index (χ1) is 24.3. The van der Waals surface area contributed by atoms with Crippen molar-refractivity contribution in [2.24, 2.45) is 21.7 Å². The first-order valence-corrected chi connectivity index (χ1v) is 18.6. The zero-order valence-electron chi connectivity index (χ0n) is 30.1. The van der Waals surface area contributed by atoms with Crippen LogP contribution in [0.5, 0.6) is 0 Å². The Hall–Kier alpha value is -3.88. The van der Waals surface area contributed by atoms with Crippen LogP contribution < -0.4 is 38.2 Å². The van der Waals surface area contributed by atoms with Crippen molar-refractivity contribution in [3.8, 4) is 0 Å². The molecular weight excluding hydrogens is 632 g/mol. The SMILES string of the molecule is CC(C)NC(=O)[C@@H](N)CCC(=O)N1CCC(Nc2nc(NCC(C=NCCCNCCCNC3CCCCC3)=NN)nc3ccccc23)CC1. The predicted octanol–water partition coefficient (Wildman–Crippen LogP) is 2.75. The van der Waals surface area contributed by atoms with E-state index in [0.29, 0.717) is 44.3 Å². The summed E-state index contributed by atoms with van der Waals surface area (Å²) in [7, 11) is 0. The number of nitrogens with zero attached hydrogens (tertiary/aromatic N) is 5. The quantitative estimate of drug-likeness (QED) is 0.0469. The van der Waals surface area contributed by atoms with Crippen molar-refractivity contribution < 1.29 is 9.59 Å². The predicted molar refractivity (Wildman–Crippen MR) is 204 cm³/mol. The molecule has 0 spiro atoms. The summed E-state index contributed by atoms with van der Waals surface area (Å²) >= 11 is 0. The van der Waals surface area contributed by atoms with Gasteiger partial charge in [0.15, 0.2) is 0 Å². The molecule has 1 aliphatic carbocycles. The number of carbonyl (C=O) groups is 2. The molecule has 2 fully saturated rings. The van der Waals surface area contributed by atoms with E-state index in [1.165, 1.54) is 32.1 Å². The third-order valence-electron chi connectivity index (χ3n) is 9.27. The van der Waals surface area contributed by atoms with Crippen LogP contribution >= 0.6 is 0 Å². The lowest BCUT2D eigenvalue weighted by molar-refractivity contribution is -0.132. The van der Waals surface area contributed by atoms with E-state index in [0.717, 1.165) is 68.1 Å². The van der Waals surface area contributed by atoms with Gasteiger partial charge in [-0.25, -0.2) is 4.98 Å². The van der Waals surface area contributed by atoms with Gasteiger partial charge in [0.1, 0.15) is 5.82 Å². The van der Waals surface area contributed by atoms with Crippen molar-refractivity contribution in [1.82, 2.24) is 30.8 Å². The molecule has 1 atom stereocenters. The van der Waals surface area contributed by atoms with Crippen LogP contribution in [0.15, 0.2) is 34.4 Å². The maximum atomic E-state index is 12.8. The molecule has 1 aliphatic heterocycles. The highest BCUT2D eigenvalue weighted by molar-refractivity contribution is 6.32. The van der Waals surface area contributed by atoms with Crippen LogP contribution in [0.25, 0.3) is 10.9 Å². The van der Waals surface area contributed by atoms with Crippen molar-refractivity contribution in [2.45, 2.75) is 109 Å². The number of carbonyl (C=O) groups excluding carboxylic acids is 2. The molecule has 4 rings (SSSR count). The molecule has 2 aliphatic rings. The van der Waals surface area contributed by atoms with E-state index in [1.54, 1.807) is 6.21 Å². The first-order valence-electron chi connectivity index (χ1n) is 18.6. The second-order valence-electron chi connectivity index (χ2n) is 13.8. The molecule has 14 nitrogen and oxygen atoms in total. The summed E-state index contributed by atoms with van der Waals surface area (Å²) in [6.45, 7) is 9.09. The van der Waals surface area contributed by atoms with Gasteiger partial charge in [0, 0.05) is 55.8 Å². The Kier molecular flexibility index (Phi) is 16.6. The lowest BCUT2D eigenvalue weighted by atomic mass is 9.95. The number of hydrazone groups is 1. The fourth-order valence-electron chi connectivity index (χ4n) is 6.40.